The topological polar surface area (TPSA) is 47.6 Å². The third kappa shape index (κ3) is 4.01. The molecule has 4 nitrogen and oxygen atoms in total. The molecule has 1 aromatic heterocycles. The monoisotopic (exact) mass is 319 g/mol. The van der Waals surface area contributed by atoms with Crippen LogP contribution in [0.2, 0.25) is 0 Å². The Bertz CT molecular complexity index is 610. The molecular weight excluding hydrogens is 298 g/mol. The number of amides is 1. The molecule has 2 rings (SSSR count). The summed E-state index contributed by atoms with van der Waals surface area (Å²) in [5.41, 5.74) is 1.67. The molecule has 0 saturated carbocycles. The van der Waals surface area contributed by atoms with Gasteiger partial charge in [-0.2, -0.15) is 11.3 Å². The van der Waals surface area contributed by atoms with E-state index in [1.54, 1.807) is 0 Å². The predicted molar refractivity (Wildman–Crippen MR) is 89.0 cm³/mol. The highest BCUT2D eigenvalue weighted by Crippen LogP contribution is 2.30. The number of thiophene rings is 1. The van der Waals surface area contributed by atoms with Gasteiger partial charge >= 0.3 is 0 Å². The van der Waals surface area contributed by atoms with E-state index in [9.17, 15) is 4.79 Å². The number of ether oxygens (including phenoxy) is 2. The fraction of sp³-hybridized carbons (Fsp3) is 0.353. The molecule has 22 heavy (non-hydrogen) atoms. The van der Waals surface area contributed by atoms with E-state index in [2.05, 4.69) is 5.32 Å². The molecule has 1 unspecified atom stereocenters. The van der Waals surface area contributed by atoms with Gasteiger partial charge in [0.05, 0.1) is 24.8 Å². The molecule has 0 bridgehead atoms. The van der Waals surface area contributed by atoms with Gasteiger partial charge in [-0.3, -0.25) is 4.79 Å². The Morgan fingerprint density at radius 2 is 1.91 bits per heavy atom. The van der Waals surface area contributed by atoms with Gasteiger partial charge in [0.2, 0.25) is 0 Å². The summed E-state index contributed by atoms with van der Waals surface area (Å²) in [7, 11) is 0. The molecule has 0 aliphatic carbocycles. The van der Waals surface area contributed by atoms with Crippen LogP contribution in [0.15, 0.2) is 35.0 Å². The summed E-state index contributed by atoms with van der Waals surface area (Å²) in [6, 6.07) is 7.47. The minimum absolute atomic E-state index is 0.0689. The van der Waals surface area contributed by atoms with Crippen molar-refractivity contribution in [2.24, 2.45) is 0 Å². The summed E-state index contributed by atoms with van der Waals surface area (Å²) in [4.78, 5) is 12.1. The number of carbonyl (C=O) groups is 1. The van der Waals surface area contributed by atoms with E-state index in [-0.39, 0.29) is 11.9 Å². The number of rotatable bonds is 7. The second-order valence-corrected chi connectivity index (χ2v) is 5.56. The number of hydrogen-bond acceptors (Lipinski definition) is 4. The summed E-state index contributed by atoms with van der Waals surface area (Å²) in [5.74, 6) is 1.36. The Morgan fingerprint density at radius 3 is 2.55 bits per heavy atom. The summed E-state index contributed by atoms with van der Waals surface area (Å²) in [5, 5.41) is 6.72. The van der Waals surface area contributed by atoms with Gasteiger partial charge in [-0.05, 0) is 49.9 Å². The van der Waals surface area contributed by atoms with Crippen LogP contribution in [-0.4, -0.2) is 19.1 Å². The first-order valence-corrected chi connectivity index (χ1v) is 8.32. The fourth-order valence-corrected chi connectivity index (χ4v) is 2.73. The van der Waals surface area contributed by atoms with Crippen LogP contribution in [0.1, 0.15) is 42.7 Å². The minimum Gasteiger partial charge on any atom is -0.490 e. The van der Waals surface area contributed by atoms with Crippen LogP contribution in [0.4, 0.5) is 0 Å². The Hall–Kier alpha value is -2.01. The van der Waals surface area contributed by atoms with Crippen molar-refractivity contribution in [3.8, 4) is 11.5 Å². The van der Waals surface area contributed by atoms with Gasteiger partial charge in [-0.15, -0.1) is 0 Å². The molecule has 1 N–H and O–H groups in total. The summed E-state index contributed by atoms with van der Waals surface area (Å²) < 4.78 is 11.2. The molecular formula is C17H21NO3S. The highest BCUT2D eigenvalue weighted by atomic mass is 32.1. The number of benzene rings is 1. The van der Waals surface area contributed by atoms with Gasteiger partial charge in [0, 0.05) is 5.38 Å². The second kappa shape index (κ2) is 7.84. The highest BCUT2D eigenvalue weighted by molar-refractivity contribution is 7.08. The fourth-order valence-electron chi connectivity index (χ4n) is 2.09. The molecule has 0 spiro atoms. The zero-order valence-corrected chi connectivity index (χ0v) is 13.9. The molecule has 0 saturated heterocycles. The average Bonchev–Trinajstić information content (AvgIpc) is 3.04. The third-order valence-electron chi connectivity index (χ3n) is 3.20. The minimum atomic E-state index is -0.109. The van der Waals surface area contributed by atoms with E-state index in [4.69, 9.17) is 9.47 Å². The van der Waals surface area contributed by atoms with E-state index < -0.39 is 0 Å². The Morgan fingerprint density at radius 1 is 1.18 bits per heavy atom. The third-order valence-corrected chi connectivity index (χ3v) is 3.88. The van der Waals surface area contributed by atoms with Gasteiger partial charge in [0.15, 0.2) is 11.5 Å². The van der Waals surface area contributed by atoms with Gasteiger partial charge in [-0.1, -0.05) is 6.07 Å². The number of nitrogens with one attached hydrogen (secondary N) is 1. The molecule has 5 heteroatoms. The molecule has 0 aliphatic heterocycles. The number of carbonyl (C=O) groups excluding carboxylic acids is 1. The normalized spacial score (nSPS) is 11.8. The molecule has 1 amide bonds. The lowest BCUT2D eigenvalue weighted by molar-refractivity contribution is 0.0940. The van der Waals surface area contributed by atoms with Crippen LogP contribution in [-0.2, 0) is 0 Å². The molecule has 2 aromatic rings. The predicted octanol–water partition coefficient (Wildman–Crippen LogP) is 4.04. The smallest absolute Gasteiger partial charge is 0.252 e. The standard InChI is InChI=1S/C17H21NO3S/c1-4-20-15-7-6-13(10-16(15)21-5-2)12(3)18-17(19)14-8-9-22-11-14/h6-12H,4-5H2,1-3H3,(H,18,19). The Kier molecular flexibility index (Phi) is 5.83. The first-order valence-electron chi connectivity index (χ1n) is 7.38. The molecule has 1 heterocycles. The van der Waals surface area contributed by atoms with Crippen molar-refractivity contribution in [1.82, 2.24) is 5.32 Å². The van der Waals surface area contributed by atoms with Crippen molar-refractivity contribution in [3.63, 3.8) is 0 Å². The van der Waals surface area contributed by atoms with Crippen molar-refractivity contribution >= 4 is 17.2 Å². The van der Waals surface area contributed by atoms with E-state index in [1.165, 1.54) is 11.3 Å². The molecule has 0 aliphatic rings. The molecule has 0 radical (unpaired) electrons. The molecule has 0 fully saturated rings. The van der Waals surface area contributed by atoms with Crippen molar-refractivity contribution < 1.29 is 14.3 Å². The van der Waals surface area contributed by atoms with Gasteiger partial charge in [-0.25, -0.2) is 0 Å². The van der Waals surface area contributed by atoms with Crippen LogP contribution < -0.4 is 14.8 Å². The quantitative estimate of drug-likeness (QED) is 0.838. The maximum Gasteiger partial charge on any atom is 0.252 e. The molecule has 1 aromatic carbocycles. The zero-order chi connectivity index (χ0) is 15.9. The lowest BCUT2D eigenvalue weighted by Gasteiger charge is -2.17. The number of hydrogen-bond donors (Lipinski definition) is 1. The van der Waals surface area contributed by atoms with Crippen LogP contribution in [0.25, 0.3) is 0 Å². The molecule has 118 valence electrons. The lowest BCUT2D eigenvalue weighted by Crippen LogP contribution is -2.26. The highest BCUT2D eigenvalue weighted by Gasteiger charge is 2.14. The molecule has 1 atom stereocenters. The zero-order valence-electron chi connectivity index (χ0n) is 13.1. The van der Waals surface area contributed by atoms with E-state index in [0.29, 0.717) is 24.5 Å². The van der Waals surface area contributed by atoms with Crippen molar-refractivity contribution in [2.45, 2.75) is 26.8 Å². The lowest BCUT2D eigenvalue weighted by atomic mass is 10.1. The van der Waals surface area contributed by atoms with Crippen molar-refractivity contribution in [3.05, 3.63) is 46.2 Å². The first-order chi connectivity index (χ1) is 10.7. The van der Waals surface area contributed by atoms with Gasteiger partial charge in [0.1, 0.15) is 0 Å². The largest absolute Gasteiger partial charge is 0.490 e. The maximum absolute atomic E-state index is 12.1. The first kappa shape index (κ1) is 16.4. The van der Waals surface area contributed by atoms with Crippen molar-refractivity contribution in [2.75, 3.05) is 13.2 Å². The van der Waals surface area contributed by atoms with Gasteiger partial charge < -0.3 is 14.8 Å². The average molecular weight is 319 g/mol. The van der Waals surface area contributed by atoms with E-state index in [1.807, 2.05) is 55.8 Å². The van der Waals surface area contributed by atoms with Crippen LogP contribution in [0, 0.1) is 0 Å². The summed E-state index contributed by atoms with van der Waals surface area (Å²) >= 11 is 1.51. The Labute approximate surface area is 135 Å². The van der Waals surface area contributed by atoms with Gasteiger partial charge in [0.25, 0.3) is 5.91 Å². The second-order valence-electron chi connectivity index (χ2n) is 4.78. The maximum atomic E-state index is 12.1. The summed E-state index contributed by atoms with van der Waals surface area (Å²) in [6.07, 6.45) is 0. The SMILES string of the molecule is CCOc1ccc(C(C)NC(=O)c2ccsc2)cc1OCC. The van der Waals surface area contributed by atoms with Crippen LogP contribution >= 0.6 is 11.3 Å². The Balaban J connectivity index is 2.13. The summed E-state index contributed by atoms with van der Waals surface area (Å²) in [6.45, 7) is 6.98. The van der Waals surface area contributed by atoms with Crippen LogP contribution in [0.5, 0.6) is 11.5 Å². The van der Waals surface area contributed by atoms with Crippen LogP contribution in [0.3, 0.4) is 0 Å². The van der Waals surface area contributed by atoms with Crippen molar-refractivity contribution in [1.29, 1.82) is 0 Å². The van der Waals surface area contributed by atoms with E-state index >= 15 is 0 Å². The van der Waals surface area contributed by atoms with E-state index in [0.717, 1.165) is 11.3 Å².